The number of aryl methyl sites for hydroxylation is 1. The number of carbonyl (C=O) groups excluding carboxylic acids is 1. The Morgan fingerprint density at radius 1 is 1.15 bits per heavy atom. The molecule has 0 aliphatic heterocycles. The van der Waals surface area contributed by atoms with Gasteiger partial charge in [-0.25, -0.2) is 0 Å². The zero-order chi connectivity index (χ0) is 23.6. The summed E-state index contributed by atoms with van der Waals surface area (Å²) < 4.78 is 42.4. The minimum Gasteiger partial charge on any atom is -0.398 e. The number of halogens is 3. The summed E-state index contributed by atoms with van der Waals surface area (Å²) in [5.74, 6) is -1.14. The number of nitrogens with one attached hydrogen (secondary N) is 1. The van der Waals surface area contributed by atoms with E-state index in [2.05, 4.69) is 10.3 Å². The van der Waals surface area contributed by atoms with Crippen LogP contribution in [0.4, 0.5) is 24.5 Å². The number of hydrogen-bond acceptors (Lipinski definition) is 3. The van der Waals surface area contributed by atoms with Crippen LogP contribution in [-0.4, -0.2) is 17.1 Å². The predicted octanol–water partition coefficient (Wildman–Crippen LogP) is 6.30. The van der Waals surface area contributed by atoms with Gasteiger partial charge in [0.05, 0.1) is 5.52 Å². The fraction of sp³-hybridized carbons (Fsp3) is 0.231. The summed E-state index contributed by atoms with van der Waals surface area (Å²) in [5, 5.41) is 3.03. The average molecular weight is 451 g/mol. The van der Waals surface area contributed by atoms with Gasteiger partial charge in [0.2, 0.25) is 5.91 Å². The van der Waals surface area contributed by atoms with Gasteiger partial charge in [0.25, 0.3) is 0 Å². The van der Waals surface area contributed by atoms with Crippen LogP contribution in [0.15, 0.2) is 72.8 Å². The number of rotatable bonds is 5. The molecule has 3 N–H and O–H groups in total. The predicted molar refractivity (Wildman–Crippen MR) is 125 cm³/mol. The van der Waals surface area contributed by atoms with Crippen LogP contribution >= 0.6 is 0 Å². The molecule has 1 aromatic heterocycles. The zero-order valence-corrected chi connectivity index (χ0v) is 18.1. The Morgan fingerprint density at radius 2 is 1.91 bits per heavy atom. The third kappa shape index (κ3) is 4.35. The topological polar surface area (TPSA) is 68.0 Å². The summed E-state index contributed by atoms with van der Waals surface area (Å²) in [4.78, 5) is 17.5. The maximum atomic E-state index is 14.1. The summed E-state index contributed by atoms with van der Waals surface area (Å²) in [5.41, 5.74) is 7.12. The Morgan fingerprint density at radius 3 is 2.55 bits per heavy atom. The first-order valence-corrected chi connectivity index (χ1v) is 10.8. The summed E-state index contributed by atoms with van der Waals surface area (Å²) >= 11 is 0. The van der Waals surface area contributed by atoms with Crippen LogP contribution in [0.25, 0.3) is 16.5 Å². The maximum Gasteiger partial charge on any atom is 0.406 e. The van der Waals surface area contributed by atoms with Gasteiger partial charge in [-0.2, -0.15) is 13.2 Å². The molecular formula is C26H24F3N3O. The number of nitrogen functional groups attached to an aromatic ring is 1. The molecule has 4 nitrogen and oxygen atoms in total. The van der Waals surface area contributed by atoms with Gasteiger partial charge in [0.1, 0.15) is 0 Å². The number of alkyl halides is 3. The van der Waals surface area contributed by atoms with Crippen LogP contribution in [0.5, 0.6) is 0 Å². The third-order valence-electron chi connectivity index (χ3n) is 5.87. The first-order valence-electron chi connectivity index (χ1n) is 10.8. The SMILES string of the molecule is CCCc1cc(N)c2cc(NC(=O)C3(C(F)(F)F)C=CC(c4ccccc4)=CC3)ccc2n1. The lowest BCUT2D eigenvalue weighted by Crippen LogP contribution is -2.47. The van der Waals surface area contributed by atoms with Crippen molar-refractivity contribution >= 4 is 33.8 Å². The van der Waals surface area contributed by atoms with Crippen LogP contribution in [0.3, 0.4) is 0 Å². The van der Waals surface area contributed by atoms with E-state index >= 15 is 0 Å². The van der Waals surface area contributed by atoms with Crippen molar-refractivity contribution in [1.82, 2.24) is 4.98 Å². The number of hydrogen-bond donors (Lipinski definition) is 2. The van der Waals surface area contributed by atoms with Crippen LogP contribution < -0.4 is 11.1 Å². The van der Waals surface area contributed by atoms with E-state index in [1.165, 1.54) is 12.2 Å². The molecule has 1 unspecified atom stereocenters. The summed E-state index contributed by atoms with van der Waals surface area (Å²) in [6, 6.07) is 15.6. The number of anilines is 2. The fourth-order valence-corrected chi connectivity index (χ4v) is 4.00. The molecule has 170 valence electrons. The first-order chi connectivity index (χ1) is 15.7. The van der Waals surface area contributed by atoms with Crippen molar-refractivity contribution in [3.63, 3.8) is 0 Å². The molecule has 7 heteroatoms. The molecule has 2 aromatic carbocycles. The van der Waals surface area contributed by atoms with Crippen LogP contribution in [-0.2, 0) is 11.2 Å². The van der Waals surface area contributed by atoms with E-state index in [0.717, 1.165) is 30.2 Å². The van der Waals surface area contributed by atoms with E-state index in [4.69, 9.17) is 5.73 Å². The van der Waals surface area contributed by atoms with E-state index in [0.29, 0.717) is 22.2 Å². The van der Waals surface area contributed by atoms with Crippen molar-refractivity contribution in [3.8, 4) is 0 Å². The minimum absolute atomic E-state index is 0.235. The second-order valence-electron chi connectivity index (χ2n) is 8.17. The molecule has 3 aromatic rings. The number of fused-ring (bicyclic) bond motifs is 1. The highest BCUT2D eigenvalue weighted by Crippen LogP contribution is 2.47. The van der Waals surface area contributed by atoms with Crippen LogP contribution in [0.1, 0.15) is 31.0 Å². The molecule has 0 spiro atoms. The summed E-state index contributed by atoms with van der Waals surface area (Å²) in [6.07, 6.45) is 0.221. The summed E-state index contributed by atoms with van der Waals surface area (Å²) in [6.45, 7) is 2.04. The van der Waals surface area contributed by atoms with E-state index in [1.54, 1.807) is 24.3 Å². The molecule has 1 amide bonds. The Hall–Kier alpha value is -3.61. The van der Waals surface area contributed by atoms with Crippen molar-refractivity contribution in [2.45, 2.75) is 32.4 Å². The van der Waals surface area contributed by atoms with Gasteiger partial charge in [-0.1, -0.05) is 61.9 Å². The van der Waals surface area contributed by atoms with Gasteiger partial charge in [-0.05, 0) is 48.2 Å². The number of allylic oxidation sites excluding steroid dienone is 3. The number of amides is 1. The standard InChI is InChI=1S/C26H24F3N3O/c1-2-6-19-16-22(30)21-15-20(9-10-23(21)31-19)32-24(33)25(26(27,28)29)13-11-18(12-14-25)17-7-4-3-5-8-17/h3-5,7-13,15-16H,2,6,14H2,1H3,(H2,30,31)(H,32,33). The lowest BCUT2D eigenvalue weighted by atomic mass is 9.77. The van der Waals surface area contributed by atoms with E-state index in [9.17, 15) is 18.0 Å². The first kappa shape index (κ1) is 22.6. The highest BCUT2D eigenvalue weighted by atomic mass is 19.4. The van der Waals surface area contributed by atoms with Gasteiger partial charge in [0.15, 0.2) is 5.41 Å². The van der Waals surface area contributed by atoms with E-state index in [1.807, 2.05) is 37.3 Å². The van der Waals surface area contributed by atoms with Crippen LogP contribution in [0.2, 0.25) is 0 Å². The molecule has 0 saturated heterocycles. The lowest BCUT2D eigenvalue weighted by molar-refractivity contribution is -0.203. The molecule has 1 aliphatic carbocycles. The minimum atomic E-state index is -4.77. The van der Waals surface area contributed by atoms with Gasteiger partial charge >= 0.3 is 6.18 Å². The highest BCUT2D eigenvalue weighted by Gasteiger charge is 2.58. The highest BCUT2D eigenvalue weighted by molar-refractivity contribution is 6.01. The second-order valence-corrected chi connectivity index (χ2v) is 8.17. The number of nitrogens with two attached hydrogens (primary N) is 1. The number of carbonyl (C=O) groups is 1. The van der Waals surface area contributed by atoms with Crippen molar-refractivity contribution in [1.29, 1.82) is 0 Å². The van der Waals surface area contributed by atoms with Gasteiger partial charge < -0.3 is 11.1 Å². The quantitative estimate of drug-likeness (QED) is 0.478. The molecule has 4 rings (SSSR count). The number of aromatic nitrogens is 1. The maximum absolute atomic E-state index is 14.1. The van der Waals surface area contributed by atoms with Crippen LogP contribution in [0, 0.1) is 5.41 Å². The number of pyridine rings is 1. The second kappa shape index (κ2) is 8.73. The Kier molecular flexibility index (Phi) is 5.97. The Labute approximate surface area is 190 Å². The van der Waals surface area contributed by atoms with Gasteiger partial charge in [0, 0.05) is 22.5 Å². The average Bonchev–Trinajstić information content (AvgIpc) is 2.79. The van der Waals surface area contributed by atoms with Crippen molar-refractivity contribution in [3.05, 3.63) is 84.1 Å². The molecule has 1 aliphatic rings. The van der Waals surface area contributed by atoms with Gasteiger partial charge in [-0.3, -0.25) is 9.78 Å². The van der Waals surface area contributed by atoms with E-state index < -0.39 is 23.9 Å². The summed E-state index contributed by atoms with van der Waals surface area (Å²) in [7, 11) is 0. The number of benzene rings is 2. The largest absolute Gasteiger partial charge is 0.406 e. The molecule has 1 heterocycles. The molecule has 0 saturated carbocycles. The Bertz CT molecular complexity index is 1250. The molecule has 0 bridgehead atoms. The van der Waals surface area contributed by atoms with Crippen molar-refractivity contribution in [2.24, 2.45) is 5.41 Å². The van der Waals surface area contributed by atoms with E-state index in [-0.39, 0.29) is 5.69 Å². The zero-order valence-electron chi connectivity index (χ0n) is 18.1. The molecule has 0 fully saturated rings. The normalized spacial score (nSPS) is 18.2. The molecule has 0 radical (unpaired) electrons. The Balaban J connectivity index is 1.62. The smallest absolute Gasteiger partial charge is 0.398 e. The lowest BCUT2D eigenvalue weighted by Gasteiger charge is -2.33. The van der Waals surface area contributed by atoms with Crippen molar-refractivity contribution < 1.29 is 18.0 Å². The third-order valence-corrected chi connectivity index (χ3v) is 5.87. The molecular weight excluding hydrogens is 427 g/mol. The van der Waals surface area contributed by atoms with Crippen molar-refractivity contribution in [2.75, 3.05) is 11.1 Å². The van der Waals surface area contributed by atoms with Gasteiger partial charge in [-0.15, -0.1) is 0 Å². The number of nitrogens with zero attached hydrogens (tertiary/aromatic N) is 1. The molecule has 33 heavy (non-hydrogen) atoms. The monoisotopic (exact) mass is 451 g/mol. The molecule has 1 atom stereocenters. The fourth-order valence-electron chi connectivity index (χ4n) is 4.00.